The van der Waals surface area contributed by atoms with Crippen LogP contribution in [0.3, 0.4) is 0 Å². The molecule has 8 heteroatoms. The number of hydrogen-bond acceptors (Lipinski definition) is 5. The first-order valence-electron chi connectivity index (χ1n) is 8.11. The van der Waals surface area contributed by atoms with Crippen LogP contribution >= 0.6 is 0 Å². The standard InChI is InChI=1S/C16H26N2O5S/c1-4-16(15(19)20)8-5-9-18(12-16)11-14-7-6-13(23-14)10-17(2)24(3,21)22/h6-7H,4-5,8-12H2,1-3H3,(H,19,20)/t16-/m1/s1. The van der Waals surface area contributed by atoms with Crippen LogP contribution in [-0.4, -0.2) is 55.1 Å². The molecule has 0 radical (unpaired) electrons. The molecule has 1 fully saturated rings. The Balaban J connectivity index is 2.00. The van der Waals surface area contributed by atoms with Crippen molar-refractivity contribution in [2.45, 2.75) is 39.3 Å². The molecule has 1 N–H and O–H groups in total. The van der Waals surface area contributed by atoms with Gasteiger partial charge in [0.2, 0.25) is 10.0 Å². The molecule has 24 heavy (non-hydrogen) atoms. The van der Waals surface area contributed by atoms with Crippen molar-refractivity contribution < 1.29 is 22.7 Å². The predicted molar refractivity (Wildman–Crippen MR) is 89.9 cm³/mol. The van der Waals surface area contributed by atoms with Crippen LogP contribution in [0.2, 0.25) is 0 Å². The van der Waals surface area contributed by atoms with Gasteiger partial charge in [-0.25, -0.2) is 8.42 Å². The molecule has 7 nitrogen and oxygen atoms in total. The lowest BCUT2D eigenvalue weighted by Crippen LogP contribution is -2.47. The van der Waals surface area contributed by atoms with Crippen LogP contribution in [0.4, 0.5) is 0 Å². The average Bonchev–Trinajstić information content (AvgIpc) is 2.93. The fourth-order valence-electron chi connectivity index (χ4n) is 3.13. The van der Waals surface area contributed by atoms with Crippen molar-refractivity contribution >= 4 is 16.0 Å². The first kappa shape index (κ1) is 19.0. The predicted octanol–water partition coefficient (Wildman–Crippen LogP) is 1.75. The van der Waals surface area contributed by atoms with Crippen molar-refractivity contribution in [1.29, 1.82) is 0 Å². The molecule has 1 aliphatic heterocycles. The van der Waals surface area contributed by atoms with Crippen LogP contribution in [-0.2, 0) is 27.9 Å². The minimum atomic E-state index is -3.25. The monoisotopic (exact) mass is 358 g/mol. The second kappa shape index (κ2) is 7.25. The van der Waals surface area contributed by atoms with Crippen molar-refractivity contribution in [3.63, 3.8) is 0 Å². The van der Waals surface area contributed by atoms with Gasteiger partial charge < -0.3 is 9.52 Å². The molecule has 2 heterocycles. The number of piperidine rings is 1. The summed E-state index contributed by atoms with van der Waals surface area (Å²) in [4.78, 5) is 13.7. The smallest absolute Gasteiger partial charge is 0.310 e. The van der Waals surface area contributed by atoms with Gasteiger partial charge in [0, 0.05) is 13.6 Å². The highest BCUT2D eigenvalue weighted by Crippen LogP contribution is 2.34. The highest BCUT2D eigenvalue weighted by atomic mass is 32.2. The van der Waals surface area contributed by atoms with E-state index < -0.39 is 21.4 Å². The van der Waals surface area contributed by atoms with E-state index in [2.05, 4.69) is 4.90 Å². The summed E-state index contributed by atoms with van der Waals surface area (Å²) < 4.78 is 29.8. The quantitative estimate of drug-likeness (QED) is 0.798. The molecule has 0 aromatic carbocycles. The number of nitrogens with zero attached hydrogens (tertiary/aromatic N) is 2. The van der Waals surface area contributed by atoms with Crippen LogP contribution in [0.5, 0.6) is 0 Å². The van der Waals surface area contributed by atoms with E-state index in [9.17, 15) is 18.3 Å². The van der Waals surface area contributed by atoms with Crippen LogP contribution in [0.25, 0.3) is 0 Å². The Labute approximate surface area is 143 Å². The zero-order valence-corrected chi connectivity index (χ0v) is 15.3. The maximum Gasteiger partial charge on any atom is 0.310 e. The number of carboxylic acid groups (broad SMARTS) is 1. The van der Waals surface area contributed by atoms with E-state index in [4.69, 9.17) is 4.42 Å². The Morgan fingerprint density at radius 2 is 2.08 bits per heavy atom. The van der Waals surface area contributed by atoms with Gasteiger partial charge in [-0.15, -0.1) is 0 Å². The zero-order chi connectivity index (χ0) is 18.0. The molecule has 1 aromatic heterocycles. The number of sulfonamides is 1. The third kappa shape index (κ3) is 4.37. The molecule has 0 unspecified atom stereocenters. The number of likely N-dealkylation sites (tertiary alicyclic amines) is 1. The van der Waals surface area contributed by atoms with Gasteiger partial charge in [-0.05, 0) is 37.9 Å². The van der Waals surface area contributed by atoms with E-state index in [0.717, 1.165) is 25.0 Å². The molecule has 136 valence electrons. The summed E-state index contributed by atoms with van der Waals surface area (Å²) in [6, 6.07) is 3.60. The fraction of sp³-hybridized carbons (Fsp3) is 0.688. The molecule has 0 aliphatic carbocycles. The first-order valence-corrected chi connectivity index (χ1v) is 9.96. The summed E-state index contributed by atoms with van der Waals surface area (Å²) in [6.45, 7) is 4.00. The number of aliphatic carboxylic acids is 1. The molecule has 0 spiro atoms. The molecule has 0 bridgehead atoms. The summed E-state index contributed by atoms with van der Waals surface area (Å²) in [5.74, 6) is 0.573. The molecule has 0 saturated carbocycles. The molecule has 0 amide bonds. The minimum absolute atomic E-state index is 0.187. The van der Waals surface area contributed by atoms with Gasteiger partial charge in [0.15, 0.2) is 0 Å². The number of furan rings is 1. The Bertz CT molecular complexity index is 684. The van der Waals surface area contributed by atoms with Crippen LogP contribution < -0.4 is 0 Å². The number of hydrogen-bond donors (Lipinski definition) is 1. The maximum absolute atomic E-state index is 11.6. The summed E-state index contributed by atoms with van der Waals surface area (Å²) in [7, 11) is -1.75. The summed E-state index contributed by atoms with van der Waals surface area (Å²) >= 11 is 0. The van der Waals surface area contributed by atoms with Crippen molar-refractivity contribution in [2.75, 3.05) is 26.4 Å². The van der Waals surface area contributed by atoms with E-state index in [1.165, 1.54) is 11.4 Å². The van der Waals surface area contributed by atoms with Gasteiger partial charge in [-0.1, -0.05) is 6.92 Å². The van der Waals surface area contributed by atoms with Gasteiger partial charge in [0.25, 0.3) is 0 Å². The number of carboxylic acids is 1. The normalized spacial score (nSPS) is 22.8. The lowest BCUT2D eigenvalue weighted by atomic mass is 9.77. The van der Waals surface area contributed by atoms with E-state index in [0.29, 0.717) is 31.7 Å². The van der Waals surface area contributed by atoms with Gasteiger partial charge in [-0.3, -0.25) is 9.69 Å². The Morgan fingerprint density at radius 3 is 2.67 bits per heavy atom. The van der Waals surface area contributed by atoms with Crippen molar-refractivity contribution in [1.82, 2.24) is 9.21 Å². The molecule has 2 rings (SSSR count). The summed E-state index contributed by atoms with van der Waals surface area (Å²) in [5, 5.41) is 9.54. The van der Waals surface area contributed by atoms with E-state index >= 15 is 0 Å². The van der Waals surface area contributed by atoms with Gasteiger partial charge in [-0.2, -0.15) is 4.31 Å². The van der Waals surface area contributed by atoms with Gasteiger partial charge >= 0.3 is 5.97 Å². The number of rotatable bonds is 7. The van der Waals surface area contributed by atoms with Crippen LogP contribution in [0.1, 0.15) is 37.7 Å². The largest absolute Gasteiger partial charge is 0.481 e. The van der Waals surface area contributed by atoms with E-state index in [-0.39, 0.29) is 6.54 Å². The first-order chi connectivity index (χ1) is 11.2. The molecular weight excluding hydrogens is 332 g/mol. The maximum atomic E-state index is 11.6. The molecule has 1 atom stereocenters. The molecule has 1 aromatic rings. The molecular formula is C16H26N2O5S. The number of carbonyl (C=O) groups is 1. The third-order valence-electron chi connectivity index (χ3n) is 4.83. The zero-order valence-electron chi connectivity index (χ0n) is 14.5. The highest BCUT2D eigenvalue weighted by Gasteiger charge is 2.40. The molecule has 1 aliphatic rings. The minimum Gasteiger partial charge on any atom is -0.481 e. The Morgan fingerprint density at radius 1 is 1.42 bits per heavy atom. The SMILES string of the molecule is CC[C@@]1(C(=O)O)CCCN(Cc2ccc(CN(C)S(C)(=O)=O)o2)C1. The Hall–Kier alpha value is -1.38. The second-order valence-corrected chi connectivity index (χ2v) is 8.73. The molecule has 1 saturated heterocycles. The van der Waals surface area contributed by atoms with Crippen molar-refractivity contribution in [2.24, 2.45) is 5.41 Å². The fourth-order valence-corrected chi connectivity index (χ4v) is 3.49. The lowest BCUT2D eigenvalue weighted by molar-refractivity contribution is -0.153. The van der Waals surface area contributed by atoms with Crippen molar-refractivity contribution in [3.8, 4) is 0 Å². The van der Waals surface area contributed by atoms with Gasteiger partial charge in [0.1, 0.15) is 11.5 Å². The summed E-state index contributed by atoms with van der Waals surface area (Å²) in [5.41, 5.74) is -0.676. The summed E-state index contributed by atoms with van der Waals surface area (Å²) in [6.07, 6.45) is 3.32. The second-order valence-electron chi connectivity index (χ2n) is 6.64. The van der Waals surface area contributed by atoms with Crippen LogP contribution in [0.15, 0.2) is 16.5 Å². The van der Waals surface area contributed by atoms with E-state index in [1.54, 1.807) is 6.07 Å². The highest BCUT2D eigenvalue weighted by molar-refractivity contribution is 7.88. The topological polar surface area (TPSA) is 91.1 Å². The average molecular weight is 358 g/mol. The van der Waals surface area contributed by atoms with Gasteiger partial charge in [0.05, 0.1) is 24.8 Å². The lowest BCUT2D eigenvalue weighted by Gasteiger charge is -2.39. The van der Waals surface area contributed by atoms with E-state index in [1.807, 2.05) is 13.0 Å². The Kier molecular flexibility index (Phi) is 5.72. The van der Waals surface area contributed by atoms with Crippen molar-refractivity contribution in [3.05, 3.63) is 23.7 Å². The van der Waals surface area contributed by atoms with Crippen LogP contribution in [0, 0.1) is 5.41 Å². The third-order valence-corrected chi connectivity index (χ3v) is 6.09.